The molecule has 6 rings (SSSR count). The fourth-order valence-electron chi connectivity index (χ4n) is 6.64. The number of rotatable bonds is 12. The van der Waals surface area contributed by atoms with Gasteiger partial charge >= 0.3 is 0 Å². The Morgan fingerprint density at radius 3 is 1.41 bits per heavy atom. The average molecular weight is 727 g/mol. The number of aryl methyl sites for hydroxylation is 2. The van der Waals surface area contributed by atoms with Crippen molar-refractivity contribution < 1.29 is 24.3 Å². The smallest absolute Gasteiger partial charge is 0.251 e. The number of ketones is 2. The summed E-state index contributed by atoms with van der Waals surface area (Å²) in [7, 11) is 7.89. The largest absolute Gasteiger partial charge is 0.388 e. The zero-order valence-electron chi connectivity index (χ0n) is 31.8. The molecule has 3 N–H and O–H groups in total. The van der Waals surface area contributed by atoms with E-state index in [1.807, 2.05) is 124 Å². The highest BCUT2D eigenvalue weighted by atomic mass is 16.3. The third kappa shape index (κ3) is 10.2. The van der Waals surface area contributed by atoms with Crippen molar-refractivity contribution >= 4 is 46.9 Å². The van der Waals surface area contributed by atoms with Gasteiger partial charge in [0.1, 0.15) is 6.61 Å². The molecule has 0 radical (unpaired) electrons. The third-order valence-corrected chi connectivity index (χ3v) is 9.82. The van der Waals surface area contributed by atoms with Crippen molar-refractivity contribution in [1.82, 2.24) is 10.6 Å². The number of nitrogens with one attached hydrogen (secondary N) is 2. The Kier molecular flexibility index (Phi) is 13.4. The monoisotopic (exact) mass is 726 g/mol. The summed E-state index contributed by atoms with van der Waals surface area (Å²) in [5.41, 5.74) is 10.1. The first-order valence-electron chi connectivity index (χ1n) is 18.4. The average Bonchev–Trinajstić information content (AvgIpc) is 3.78. The maximum atomic E-state index is 12.6. The van der Waals surface area contributed by atoms with Crippen LogP contribution in [0.3, 0.4) is 0 Å². The molecular formula is C45H50N4O5. The molecule has 2 aliphatic carbocycles. The number of carbonyl (C=O) groups excluding carboxylic acids is 4. The van der Waals surface area contributed by atoms with Crippen LogP contribution in [0, 0.1) is 0 Å². The van der Waals surface area contributed by atoms with Gasteiger partial charge in [-0.3, -0.25) is 19.2 Å². The highest BCUT2D eigenvalue weighted by Crippen LogP contribution is 2.33. The minimum atomic E-state index is -0.481. The van der Waals surface area contributed by atoms with Crippen molar-refractivity contribution in [2.45, 2.75) is 51.1 Å². The first-order chi connectivity index (χ1) is 25.9. The van der Waals surface area contributed by atoms with Crippen molar-refractivity contribution in [2.24, 2.45) is 0 Å². The summed E-state index contributed by atoms with van der Waals surface area (Å²) >= 11 is 0. The number of benzene rings is 4. The topological polar surface area (TPSA) is 119 Å². The number of aliphatic hydroxyl groups excluding tert-OH is 1. The van der Waals surface area contributed by atoms with Crippen molar-refractivity contribution in [2.75, 3.05) is 44.6 Å². The van der Waals surface area contributed by atoms with Crippen LogP contribution in [0.5, 0.6) is 0 Å². The molecule has 54 heavy (non-hydrogen) atoms. The zero-order chi connectivity index (χ0) is 38.8. The van der Waals surface area contributed by atoms with Gasteiger partial charge in [-0.15, -0.1) is 0 Å². The van der Waals surface area contributed by atoms with E-state index >= 15 is 0 Å². The van der Waals surface area contributed by atoms with E-state index in [0.717, 1.165) is 53.7 Å². The van der Waals surface area contributed by atoms with Crippen molar-refractivity contribution in [3.05, 3.63) is 142 Å². The van der Waals surface area contributed by atoms with Crippen molar-refractivity contribution in [1.29, 1.82) is 0 Å². The Hall–Kier alpha value is -5.80. The Morgan fingerprint density at radius 1 is 0.630 bits per heavy atom. The number of allylic oxidation sites excluding steroid dienone is 1. The van der Waals surface area contributed by atoms with E-state index in [4.69, 9.17) is 5.11 Å². The molecule has 0 aliphatic heterocycles. The van der Waals surface area contributed by atoms with Crippen LogP contribution < -0.4 is 20.4 Å². The molecule has 2 unspecified atom stereocenters. The summed E-state index contributed by atoms with van der Waals surface area (Å²) in [5, 5.41) is 15.1. The number of carbonyl (C=O) groups is 4. The second-order valence-electron chi connectivity index (χ2n) is 14.0. The number of nitrogens with zero attached hydrogens (tertiary/aromatic N) is 2. The van der Waals surface area contributed by atoms with Crippen LogP contribution in [0.15, 0.2) is 97.1 Å². The van der Waals surface area contributed by atoms with Crippen LogP contribution in [0.25, 0.3) is 12.2 Å². The van der Waals surface area contributed by atoms with Gasteiger partial charge in [0, 0.05) is 57.1 Å². The summed E-state index contributed by atoms with van der Waals surface area (Å²) < 4.78 is 0. The molecule has 0 bridgehead atoms. The van der Waals surface area contributed by atoms with Crippen LogP contribution in [-0.2, 0) is 22.4 Å². The molecule has 9 nitrogen and oxygen atoms in total. The standard InChI is InChI=1S/C23H26N2O2.C22H24N2O3/c1-4-20(26)12-5-16-6-13-21-18(15-16)9-14-22(21)24-23(27)17-7-10-19(11-8-17)25(2)3;1-24(2)18-8-5-16(6-9-18)22(27)23-21-12-7-17-13-15(4-11-20(17)21)3-10-19(26)14-25/h5-8,10-13,15,22H,4,9,14H2,1-3H3,(H,24,27);3-6,8-11,13,21,25H,7,12,14H2,1-2H3,(H,23,27)/b12-5+;10-3+. The van der Waals surface area contributed by atoms with Crippen molar-refractivity contribution in [3.63, 3.8) is 0 Å². The highest BCUT2D eigenvalue weighted by Gasteiger charge is 2.25. The third-order valence-electron chi connectivity index (χ3n) is 9.82. The van der Waals surface area contributed by atoms with Gasteiger partial charge in [0.15, 0.2) is 11.6 Å². The molecule has 280 valence electrons. The molecule has 9 heteroatoms. The van der Waals surface area contributed by atoms with E-state index in [1.165, 1.54) is 22.8 Å². The van der Waals surface area contributed by atoms with Crippen LogP contribution in [0.1, 0.15) is 92.4 Å². The Morgan fingerprint density at radius 2 is 1.04 bits per heavy atom. The molecule has 0 aromatic heterocycles. The Labute approximate surface area is 318 Å². The minimum Gasteiger partial charge on any atom is -0.388 e. The maximum absolute atomic E-state index is 12.6. The summed E-state index contributed by atoms with van der Waals surface area (Å²) in [5.74, 6) is -0.312. The van der Waals surface area contributed by atoms with E-state index in [2.05, 4.69) is 22.8 Å². The first kappa shape index (κ1) is 39.4. The fourth-order valence-corrected chi connectivity index (χ4v) is 6.64. The molecule has 0 saturated heterocycles. The second kappa shape index (κ2) is 18.3. The summed E-state index contributed by atoms with van der Waals surface area (Å²) in [6.07, 6.45) is 10.7. The van der Waals surface area contributed by atoms with E-state index in [0.29, 0.717) is 17.5 Å². The molecule has 0 fully saturated rings. The Bertz CT molecular complexity index is 1880. The molecule has 2 amide bonds. The molecule has 4 aromatic rings. The maximum Gasteiger partial charge on any atom is 0.251 e. The number of anilines is 2. The predicted molar refractivity (Wildman–Crippen MR) is 217 cm³/mol. The van der Waals surface area contributed by atoms with Gasteiger partial charge in [-0.25, -0.2) is 0 Å². The number of hydrogen-bond donors (Lipinski definition) is 3. The van der Waals surface area contributed by atoms with Gasteiger partial charge in [-0.2, -0.15) is 0 Å². The number of amides is 2. The number of hydrogen-bond acceptors (Lipinski definition) is 7. The van der Waals surface area contributed by atoms with Gasteiger partial charge in [0.2, 0.25) is 0 Å². The number of aliphatic hydroxyl groups is 1. The van der Waals surface area contributed by atoms with Gasteiger partial charge in [0.05, 0.1) is 12.1 Å². The van der Waals surface area contributed by atoms with E-state index in [1.54, 1.807) is 12.2 Å². The van der Waals surface area contributed by atoms with E-state index in [-0.39, 0.29) is 35.5 Å². The van der Waals surface area contributed by atoms with Gasteiger partial charge in [-0.1, -0.05) is 55.5 Å². The molecular weight excluding hydrogens is 677 g/mol. The highest BCUT2D eigenvalue weighted by molar-refractivity contribution is 5.96. The lowest BCUT2D eigenvalue weighted by molar-refractivity contribution is -0.117. The normalized spacial score (nSPS) is 15.6. The quantitative estimate of drug-likeness (QED) is 0.136. The summed E-state index contributed by atoms with van der Waals surface area (Å²) in [4.78, 5) is 51.8. The summed E-state index contributed by atoms with van der Waals surface area (Å²) in [6, 6.07) is 27.4. The SMILES string of the molecule is CCC(=O)/C=C/c1ccc2c(c1)CCC2NC(=O)c1ccc(N(C)C)cc1.CN(C)c1ccc(C(=O)NC2CCc3cc(/C=C/C(=O)CO)ccc32)cc1. The van der Waals surface area contributed by atoms with Gasteiger partial charge < -0.3 is 25.5 Å². The van der Waals surface area contributed by atoms with Crippen LogP contribution >= 0.6 is 0 Å². The minimum absolute atomic E-state index is 0.00173. The summed E-state index contributed by atoms with van der Waals surface area (Å²) in [6.45, 7) is 1.38. The predicted octanol–water partition coefficient (Wildman–Crippen LogP) is 6.91. The van der Waals surface area contributed by atoms with E-state index in [9.17, 15) is 19.2 Å². The second-order valence-corrected chi connectivity index (χ2v) is 14.0. The lowest BCUT2D eigenvalue weighted by Gasteiger charge is -2.16. The van der Waals surface area contributed by atoms with Crippen LogP contribution in [-0.4, -0.2) is 63.3 Å². The first-order valence-corrected chi connectivity index (χ1v) is 18.4. The Balaban J connectivity index is 0.000000208. The zero-order valence-corrected chi connectivity index (χ0v) is 31.8. The molecule has 0 saturated carbocycles. The van der Waals surface area contributed by atoms with Gasteiger partial charge in [0.25, 0.3) is 11.8 Å². The fraction of sp³-hybridized carbons (Fsp3) is 0.289. The van der Waals surface area contributed by atoms with Crippen LogP contribution in [0.4, 0.5) is 11.4 Å². The molecule has 0 spiro atoms. The molecule has 2 atom stereocenters. The molecule has 0 heterocycles. The molecule has 4 aromatic carbocycles. The van der Waals surface area contributed by atoms with Crippen LogP contribution in [0.2, 0.25) is 0 Å². The number of fused-ring (bicyclic) bond motifs is 2. The lowest BCUT2D eigenvalue weighted by Crippen LogP contribution is -2.27. The van der Waals surface area contributed by atoms with E-state index < -0.39 is 6.61 Å². The lowest BCUT2D eigenvalue weighted by atomic mass is 10.0. The van der Waals surface area contributed by atoms with Crippen molar-refractivity contribution in [3.8, 4) is 0 Å². The molecule has 2 aliphatic rings. The van der Waals surface area contributed by atoms with Gasteiger partial charge in [-0.05, 0) is 120 Å².